The van der Waals surface area contributed by atoms with Crippen LogP contribution >= 0.6 is 0 Å². The van der Waals surface area contributed by atoms with E-state index in [4.69, 9.17) is 4.74 Å². The maximum atomic E-state index is 13.4. The van der Waals surface area contributed by atoms with Crippen molar-refractivity contribution in [3.05, 3.63) is 35.9 Å². The van der Waals surface area contributed by atoms with Gasteiger partial charge in [-0.15, -0.1) is 0 Å². The molecule has 0 aliphatic heterocycles. The number of benzene rings is 1. The molecule has 13 heteroatoms. The van der Waals surface area contributed by atoms with Gasteiger partial charge in [0.05, 0.1) is 26.2 Å². The second-order valence-electron chi connectivity index (χ2n) is 13.9. The van der Waals surface area contributed by atoms with E-state index in [1.54, 1.807) is 13.8 Å². The summed E-state index contributed by atoms with van der Waals surface area (Å²) < 4.78 is 4.86. The zero-order chi connectivity index (χ0) is 37.8. The van der Waals surface area contributed by atoms with Gasteiger partial charge >= 0.3 is 5.97 Å². The first-order chi connectivity index (χ1) is 23.6. The van der Waals surface area contributed by atoms with E-state index in [0.717, 1.165) is 37.7 Å². The van der Waals surface area contributed by atoms with Crippen molar-refractivity contribution < 1.29 is 38.6 Å². The van der Waals surface area contributed by atoms with Gasteiger partial charge < -0.3 is 36.4 Å². The third-order valence-electron chi connectivity index (χ3n) is 8.45. The second-order valence-corrected chi connectivity index (χ2v) is 13.9. The Hall–Kier alpha value is -4.00. The van der Waals surface area contributed by atoms with Gasteiger partial charge in [0.1, 0.15) is 24.2 Å². The van der Waals surface area contributed by atoms with Gasteiger partial charge in [0, 0.05) is 6.42 Å². The molecule has 0 spiro atoms. The number of nitrogens with one attached hydrogen (secondary N) is 5. The van der Waals surface area contributed by atoms with Crippen LogP contribution in [0, 0.1) is 17.8 Å². The molecule has 13 nitrogen and oxygen atoms in total. The molecule has 50 heavy (non-hydrogen) atoms. The van der Waals surface area contributed by atoms with Crippen LogP contribution in [0.5, 0.6) is 0 Å². The number of carbonyl (C=O) groups excluding carboxylic acids is 6. The zero-order valence-electron chi connectivity index (χ0n) is 31.2. The van der Waals surface area contributed by atoms with Crippen molar-refractivity contribution >= 4 is 35.5 Å². The quantitative estimate of drug-likeness (QED) is 0.0740. The van der Waals surface area contributed by atoms with Crippen molar-refractivity contribution in [2.24, 2.45) is 17.8 Å². The number of ether oxygens (including phenoxy) is 1. The summed E-state index contributed by atoms with van der Waals surface area (Å²) in [7, 11) is 1.23. The number of unbranched alkanes of at least 4 members (excludes halogenated alkanes) is 3. The summed E-state index contributed by atoms with van der Waals surface area (Å²) in [6, 6.07) is 5.03. The minimum Gasteiger partial charge on any atom is -0.467 e. The Kier molecular flexibility index (Phi) is 20.6. The molecule has 0 heterocycles. The van der Waals surface area contributed by atoms with Crippen LogP contribution in [0.1, 0.15) is 99.0 Å². The molecule has 282 valence electrons. The number of hydrogen-bond donors (Lipinski definition) is 6. The molecule has 0 saturated carbocycles. The van der Waals surface area contributed by atoms with Crippen molar-refractivity contribution in [3.8, 4) is 0 Å². The molecular weight excluding hydrogens is 642 g/mol. The van der Waals surface area contributed by atoms with Crippen LogP contribution in [-0.2, 0) is 39.9 Å². The summed E-state index contributed by atoms with van der Waals surface area (Å²) >= 11 is 0. The van der Waals surface area contributed by atoms with E-state index < -0.39 is 65.8 Å². The standard InChI is InChI=1S/C37H61N5O8/c1-9-10-11-13-16-25(6)30(43)21-31(44)38-22-32(45)42-33(24(4)5)36(48)40-28(19-23(2)3)35(47)39-26(7)34(46)41-29(37(49)50-8)20-27-17-14-12-15-18-27/h12,14-15,17-18,23-26,28-30,33,43H,9-11,13,16,19-22H2,1-8H3,(H,38,44)(H,39,47)(H,40,48)(H,41,46)(H,42,45)/t25-,26+,28+,29+,30-,33+/m1/s1. The lowest BCUT2D eigenvalue weighted by atomic mass is 9.95. The fraction of sp³-hybridized carbons (Fsp3) is 0.676. The Bertz CT molecular complexity index is 1230. The molecule has 0 radical (unpaired) electrons. The van der Waals surface area contributed by atoms with Gasteiger partial charge in [0.25, 0.3) is 0 Å². The van der Waals surface area contributed by atoms with Crippen molar-refractivity contribution in [1.29, 1.82) is 0 Å². The number of hydrogen-bond acceptors (Lipinski definition) is 8. The van der Waals surface area contributed by atoms with Crippen LogP contribution in [0.25, 0.3) is 0 Å². The van der Waals surface area contributed by atoms with Gasteiger partial charge in [-0.25, -0.2) is 4.79 Å². The van der Waals surface area contributed by atoms with Crippen molar-refractivity contribution in [2.75, 3.05) is 13.7 Å². The van der Waals surface area contributed by atoms with E-state index in [0.29, 0.717) is 0 Å². The number of esters is 1. The smallest absolute Gasteiger partial charge is 0.328 e. The van der Waals surface area contributed by atoms with Gasteiger partial charge in [0.2, 0.25) is 29.5 Å². The van der Waals surface area contributed by atoms with Gasteiger partial charge in [-0.2, -0.15) is 0 Å². The van der Waals surface area contributed by atoms with Gasteiger partial charge in [-0.05, 0) is 43.1 Å². The van der Waals surface area contributed by atoms with E-state index in [1.807, 2.05) is 51.1 Å². The Labute approximate surface area is 297 Å². The minimum atomic E-state index is -1.05. The van der Waals surface area contributed by atoms with Crippen LogP contribution in [0.4, 0.5) is 0 Å². The summed E-state index contributed by atoms with van der Waals surface area (Å²) in [5, 5.41) is 23.5. The number of rotatable bonds is 23. The molecule has 0 aromatic heterocycles. The van der Waals surface area contributed by atoms with Gasteiger partial charge in [0.15, 0.2) is 0 Å². The lowest BCUT2D eigenvalue weighted by Gasteiger charge is -2.27. The van der Waals surface area contributed by atoms with Crippen LogP contribution in [0.2, 0.25) is 0 Å². The number of aliphatic hydroxyl groups is 1. The Morgan fingerprint density at radius 1 is 0.760 bits per heavy atom. The average Bonchev–Trinajstić information content (AvgIpc) is 3.06. The SMILES string of the molecule is CCCCCC[C@@H](C)[C@H](O)CC(=O)NCC(=O)N[C@H](C(=O)N[C@@H](CC(C)C)C(=O)N[C@@H](C)C(=O)N[C@@H](Cc1ccccc1)C(=O)OC)C(C)C. The predicted molar refractivity (Wildman–Crippen MR) is 191 cm³/mol. The normalized spacial score (nSPS) is 14.8. The lowest BCUT2D eigenvalue weighted by Crippen LogP contribution is -2.58. The van der Waals surface area contributed by atoms with E-state index in [2.05, 4.69) is 33.5 Å². The average molecular weight is 704 g/mol. The van der Waals surface area contributed by atoms with Crippen molar-refractivity contribution in [3.63, 3.8) is 0 Å². The maximum Gasteiger partial charge on any atom is 0.328 e. The molecule has 1 aromatic carbocycles. The summed E-state index contributed by atoms with van der Waals surface area (Å²) in [5.74, 6) is -3.94. The molecule has 6 N–H and O–H groups in total. The summed E-state index contributed by atoms with van der Waals surface area (Å²) in [6.07, 6.45) is 4.61. The molecule has 0 fully saturated rings. The van der Waals surface area contributed by atoms with Crippen LogP contribution in [0.3, 0.4) is 0 Å². The molecule has 1 aromatic rings. The second kappa shape index (κ2) is 23.4. The predicted octanol–water partition coefficient (Wildman–Crippen LogP) is 2.54. The number of aliphatic hydroxyl groups excluding tert-OH is 1. The highest BCUT2D eigenvalue weighted by Gasteiger charge is 2.31. The van der Waals surface area contributed by atoms with Crippen LogP contribution in [0.15, 0.2) is 30.3 Å². The fourth-order valence-electron chi connectivity index (χ4n) is 5.31. The molecule has 0 unspecified atom stereocenters. The third-order valence-corrected chi connectivity index (χ3v) is 8.45. The molecule has 0 bridgehead atoms. The van der Waals surface area contributed by atoms with E-state index in [9.17, 15) is 33.9 Å². The summed E-state index contributed by atoms with van der Waals surface area (Å²) in [4.78, 5) is 77.4. The van der Waals surface area contributed by atoms with Crippen molar-refractivity contribution in [1.82, 2.24) is 26.6 Å². The largest absolute Gasteiger partial charge is 0.467 e. The molecule has 1 rings (SSSR count). The van der Waals surface area contributed by atoms with Crippen LogP contribution < -0.4 is 26.6 Å². The Balaban J connectivity index is 2.79. The molecular formula is C37H61N5O8. The first-order valence-electron chi connectivity index (χ1n) is 17.9. The molecule has 0 saturated heterocycles. The molecule has 0 aliphatic carbocycles. The summed E-state index contributed by atoms with van der Waals surface area (Å²) in [5.41, 5.74) is 0.811. The van der Waals surface area contributed by atoms with Gasteiger partial charge in [-0.3, -0.25) is 24.0 Å². The van der Waals surface area contributed by atoms with E-state index in [-0.39, 0.29) is 43.6 Å². The lowest BCUT2D eigenvalue weighted by molar-refractivity contribution is -0.145. The Morgan fingerprint density at radius 3 is 1.98 bits per heavy atom. The zero-order valence-corrected chi connectivity index (χ0v) is 31.2. The molecule has 0 aliphatic rings. The van der Waals surface area contributed by atoms with Gasteiger partial charge in [-0.1, -0.05) is 97.6 Å². The summed E-state index contributed by atoms with van der Waals surface area (Å²) in [6.45, 7) is 12.3. The van der Waals surface area contributed by atoms with Crippen LogP contribution in [-0.4, -0.2) is 84.5 Å². The monoisotopic (exact) mass is 703 g/mol. The fourth-order valence-corrected chi connectivity index (χ4v) is 5.31. The molecule has 6 atom stereocenters. The highest BCUT2D eigenvalue weighted by Crippen LogP contribution is 2.16. The highest BCUT2D eigenvalue weighted by molar-refractivity contribution is 5.95. The first-order valence-corrected chi connectivity index (χ1v) is 17.9. The molecule has 5 amide bonds. The van der Waals surface area contributed by atoms with Crippen molar-refractivity contribution in [2.45, 2.75) is 130 Å². The maximum absolute atomic E-state index is 13.4. The Morgan fingerprint density at radius 2 is 1.40 bits per heavy atom. The van der Waals surface area contributed by atoms with E-state index in [1.165, 1.54) is 14.0 Å². The first kappa shape index (κ1) is 44.0. The third kappa shape index (κ3) is 17.1. The number of carbonyl (C=O) groups is 6. The topological polar surface area (TPSA) is 192 Å². The minimum absolute atomic E-state index is 0.0125. The number of methoxy groups -OCH3 is 1. The number of amides is 5. The highest BCUT2D eigenvalue weighted by atomic mass is 16.5. The van der Waals surface area contributed by atoms with E-state index >= 15 is 0 Å².